The molecule has 0 saturated carbocycles. The van der Waals surface area contributed by atoms with Crippen LogP contribution in [0.3, 0.4) is 0 Å². The molecule has 0 radical (unpaired) electrons. The minimum atomic E-state index is -1.53. The summed E-state index contributed by atoms with van der Waals surface area (Å²) in [7, 11) is 5.95. The molecule has 0 fully saturated rings. The van der Waals surface area contributed by atoms with Gasteiger partial charge in [-0.25, -0.2) is 4.79 Å². The van der Waals surface area contributed by atoms with Crippen LogP contribution < -0.4 is 0 Å². The smallest absolute Gasteiger partial charge is 0.361 e. The average molecular weight is 1180 g/mol. The van der Waals surface area contributed by atoms with Gasteiger partial charge in [0.05, 0.1) is 34.4 Å². The third-order valence-electron chi connectivity index (χ3n) is 13.2. The zero-order valence-electron chi connectivity index (χ0n) is 54.2. The van der Waals surface area contributed by atoms with Gasteiger partial charge >= 0.3 is 17.9 Å². The SMILES string of the molecule is CC/C=C\C/C=C\C/C=C\C/C=C\C/C=C\C/C=C\C/C=C\C/C=C\C/C=C\C/C=C\CCCCCCC(=O)OC(COC(=O)CCCCCCCCCCC/C=C\C/C=C\C/C=C\C/C=C\C/C=C\CC)COC(OCC[N+](C)(C)C)C(=O)O. The third kappa shape index (κ3) is 65.8. The summed E-state index contributed by atoms with van der Waals surface area (Å²) in [6, 6.07) is 0. The number of rotatable bonds is 58. The van der Waals surface area contributed by atoms with Crippen molar-refractivity contribution in [2.24, 2.45) is 0 Å². The van der Waals surface area contributed by atoms with Crippen LogP contribution in [-0.4, -0.2) is 87.4 Å². The fraction of sp³-hybridized carbons (Fsp3) is 0.566. The van der Waals surface area contributed by atoms with Gasteiger partial charge in [-0.3, -0.25) is 9.59 Å². The van der Waals surface area contributed by atoms with Gasteiger partial charge in [-0.2, -0.15) is 0 Å². The minimum Gasteiger partial charge on any atom is -0.477 e. The monoisotopic (exact) mass is 1170 g/mol. The molecule has 0 amide bonds. The second-order valence-electron chi connectivity index (χ2n) is 22.3. The topological polar surface area (TPSA) is 108 Å². The van der Waals surface area contributed by atoms with Crippen LogP contribution in [0.15, 0.2) is 182 Å². The maximum absolute atomic E-state index is 12.9. The summed E-state index contributed by atoms with van der Waals surface area (Å²) in [5.74, 6) is -2.07. The third-order valence-corrected chi connectivity index (χ3v) is 13.2. The molecule has 0 saturated heterocycles. The Bertz CT molecular complexity index is 2050. The van der Waals surface area contributed by atoms with Gasteiger partial charge < -0.3 is 28.5 Å². The van der Waals surface area contributed by atoms with E-state index in [4.69, 9.17) is 18.9 Å². The molecule has 1 N–H and O–H groups in total. The highest BCUT2D eigenvalue weighted by Gasteiger charge is 2.25. The van der Waals surface area contributed by atoms with E-state index in [0.717, 1.165) is 154 Å². The predicted octanol–water partition coefficient (Wildman–Crippen LogP) is 20.5. The molecule has 0 aliphatic rings. The summed E-state index contributed by atoms with van der Waals surface area (Å²) in [6.07, 6.45) is 95.5. The second-order valence-corrected chi connectivity index (χ2v) is 22.3. The lowest BCUT2D eigenvalue weighted by atomic mass is 10.1. The normalized spacial score (nSPS) is 13.9. The Morgan fingerprint density at radius 3 is 0.941 bits per heavy atom. The van der Waals surface area contributed by atoms with Gasteiger partial charge in [0.2, 0.25) is 0 Å². The number of carbonyl (C=O) groups excluding carboxylic acids is 2. The number of carboxylic acids is 1. The first kappa shape index (κ1) is 79.4. The van der Waals surface area contributed by atoms with E-state index in [0.29, 0.717) is 17.4 Å². The Morgan fingerprint density at radius 2 is 0.635 bits per heavy atom. The fourth-order valence-electron chi connectivity index (χ4n) is 8.18. The van der Waals surface area contributed by atoms with E-state index in [9.17, 15) is 19.5 Å². The van der Waals surface area contributed by atoms with E-state index < -0.39 is 24.3 Å². The van der Waals surface area contributed by atoms with Crippen LogP contribution in [0.2, 0.25) is 0 Å². The Hall–Kier alpha value is -5.61. The van der Waals surface area contributed by atoms with Crippen LogP contribution in [0.1, 0.15) is 219 Å². The average Bonchev–Trinajstić information content (AvgIpc) is 3.48. The molecule has 0 rings (SSSR count). The lowest BCUT2D eigenvalue weighted by molar-refractivity contribution is -0.870. The van der Waals surface area contributed by atoms with E-state index in [-0.39, 0.29) is 38.6 Å². The molecular formula is C76H120NO8+. The zero-order valence-corrected chi connectivity index (χ0v) is 54.2. The number of hydrogen-bond acceptors (Lipinski definition) is 7. The maximum atomic E-state index is 12.9. The molecule has 0 aromatic heterocycles. The van der Waals surface area contributed by atoms with Gasteiger partial charge in [0.25, 0.3) is 6.29 Å². The molecule has 0 aromatic carbocycles. The largest absolute Gasteiger partial charge is 0.477 e. The molecule has 476 valence electrons. The number of quaternary nitrogens is 1. The number of unbranched alkanes of at least 4 members (excludes halogenated alkanes) is 13. The Kier molecular flexibility index (Phi) is 60.1. The number of carboxylic acid groups (broad SMARTS) is 1. The van der Waals surface area contributed by atoms with Gasteiger partial charge in [-0.15, -0.1) is 0 Å². The first-order chi connectivity index (χ1) is 41.6. The number of aliphatic carboxylic acids is 1. The number of esters is 2. The number of likely N-dealkylation sites (N-methyl/N-ethyl adjacent to an activating group) is 1. The van der Waals surface area contributed by atoms with E-state index >= 15 is 0 Å². The molecule has 85 heavy (non-hydrogen) atoms. The Labute approximate surface area is 519 Å². The number of hydrogen-bond donors (Lipinski definition) is 1. The summed E-state index contributed by atoms with van der Waals surface area (Å²) in [5, 5.41) is 9.73. The molecule has 9 heteroatoms. The number of allylic oxidation sites excluding steroid dienone is 30. The molecule has 0 spiro atoms. The van der Waals surface area contributed by atoms with Gasteiger partial charge in [0.1, 0.15) is 13.2 Å². The van der Waals surface area contributed by atoms with Gasteiger partial charge in [-0.1, -0.05) is 254 Å². The van der Waals surface area contributed by atoms with E-state index in [2.05, 4.69) is 196 Å². The number of ether oxygens (including phenoxy) is 4. The molecule has 0 aliphatic carbocycles. The van der Waals surface area contributed by atoms with E-state index in [1.54, 1.807) is 0 Å². The Balaban J connectivity index is 4.31. The van der Waals surface area contributed by atoms with Crippen molar-refractivity contribution in [1.29, 1.82) is 0 Å². The van der Waals surface area contributed by atoms with Gasteiger partial charge in [-0.05, 0) is 135 Å². The quantitative estimate of drug-likeness (QED) is 0.0211. The molecule has 0 heterocycles. The highest BCUT2D eigenvalue weighted by Crippen LogP contribution is 2.14. The maximum Gasteiger partial charge on any atom is 0.361 e. The molecule has 9 nitrogen and oxygen atoms in total. The fourth-order valence-corrected chi connectivity index (χ4v) is 8.18. The summed E-state index contributed by atoms with van der Waals surface area (Å²) in [6.45, 7) is 4.58. The summed E-state index contributed by atoms with van der Waals surface area (Å²) in [5.41, 5.74) is 0. The molecule has 0 aliphatic heterocycles. The van der Waals surface area contributed by atoms with Crippen LogP contribution in [0, 0.1) is 0 Å². The standard InChI is InChI=1S/C76H119NO8/c1-6-8-10-12-14-16-18-20-22-24-26-28-30-32-33-34-35-36-37-38-39-40-41-43-45-47-49-51-53-55-57-59-61-63-65-67-74(79)85-72(71-84-76(75(80)81)82-69-68-77(3,4)5)70-83-73(78)66-64-62-60-58-56-54-52-50-48-46-44-42-31-29-27-25-23-21-19-17-15-13-11-9-7-2/h8-11,14-17,20-23,26-29,32-33,35-36,38-39,41-44,47,49,53,55,72,76H,6-7,12-13,18-19,24-25,30-31,34,37,40,45-46,48,50-52,54,56-71H2,1-5H3/p+1/b10-8-,11-9-,16-14-,17-15-,22-20-,23-21-,28-26-,29-27-,33-32-,36-35-,39-38-,43-41-,44-42-,49-47-,55-53-. The summed E-state index contributed by atoms with van der Waals surface area (Å²) < 4.78 is 22.9. The lowest BCUT2D eigenvalue weighted by Crippen LogP contribution is -2.40. The second kappa shape index (κ2) is 64.4. The number of nitrogens with zero attached hydrogens (tertiary/aromatic N) is 1. The van der Waals surface area contributed by atoms with Gasteiger partial charge in [0.15, 0.2) is 6.10 Å². The predicted molar refractivity (Wildman–Crippen MR) is 363 cm³/mol. The Morgan fingerprint density at radius 1 is 0.353 bits per heavy atom. The first-order valence-electron chi connectivity index (χ1n) is 32.9. The number of carbonyl (C=O) groups is 3. The lowest BCUT2D eigenvalue weighted by Gasteiger charge is -2.25. The van der Waals surface area contributed by atoms with Gasteiger partial charge in [0, 0.05) is 12.8 Å². The van der Waals surface area contributed by atoms with Crippen molar-refractivity contribution in [2.45, 2.75) is 232 Å². The highest BCUT2D eigenvalue weighted by molar-refractivity contribution is 5.71. The van der Waals surface area contributed by atoms with Crippen molar-refractivity contribution >= 4 is 17.9 Å². The van der Waals surface area contributed by atoms with E-state index in [1.165, 1.54) is 32.1 Å². The molecule has 2 unspecified atom stereocenters. The molecule has 0 bridgehead atoms. The molecular weight excluding hydrogens is 1050 g/mol. The zero-order chi connectivity index (χ0) is 61.9. The van der Waals surface area contributed by atoms with E-state index in [1.807, 2.05) is 21.1 Å². The summed E-state index contributed by atoms with van der Waals surface area (Å²) in [4.78, 5) is 37.6. The summed E-state index contributed by atoms with van der Waals surface area (Å²) >= 11 is 0. The van der Waals surface area contributed by atoms with Crippen LogP contribution in [0.4, 0.5) is 0 Å². The van der Waals surface area contributed by atoms with Crippen LogP contribution in [-0.2, 0) is 33.3 Å². The van der Waals surface area contributed by atoms with Crippen molar-refractivity contribution in [3.63, 3.8) is 0 Å². The van der Waals surface area contributed by atoms with Crippen molar-refractivity contribution in [2.75, 3.05) is 47.5 Å². The minimum absolute atomic E-state index is 0.170. The van der Waals surface area contributed by atoms with Crippen molar-refractivity contribution in [1.82, 2.24) is 0 Å². The van der Waals surface area contributed by atoms with Crippen LogP contribution in [0.25, 0.3) is 0 Å². The van der Waals surface area contributed by atoms with Crippen LogP contribution in [0.5, 0.6) is 0 Å². The van der Waals surface area contributed by atoms with Crippen molar-refractivity contribution in [3.8, 4) is 0 Å². The molecule has 0 aromatic rings. The first-order valence-corrected chi connectivity index (χ1v) is 32.9. The van der Waals surface area contributed by atoms with Crippen molar-refractivity contribution < 1.29 is 42.9 Å². The highest BCUT2D eigenvalue weighted by atomic mass is 16.7. The molecule has 2 atom stereocenters. The van der Waals surface area contributed by atoms with Crippen molar-refractivity contribution in [3.05, 3.63) is 182 Å². The van der Waals surface area contributed by atoms with Crippen LogP contribution >= 0.6 is 0 Å².